The molecular weight excluding hydrogens is 302 g/mol. The van der Waals surface area contributed by atoms with E-state index in [1.807, 2.05) is 61.7 Å². The molecule has 0 radical (unpaired) electrons. The first-order valence-electron chi connectivity index (χ1n) is 7.82. The summed E-state index contributed by atoms with van der Waals surface area (Å²) in [6.45, 7) is 0.665. The number of hydrogen-bond donors (Lipinski definition) is 0. The lowest BCUT2D eigenvalue weighted by atomic mass is 10.1. The van der Waals surface area contributed by atoms with Crippen molar-refractivity contribution >= 4 is 17.5 Å². The van der Waals surface area contributed by atoms with Crippen LogP contribution in [0.4, 0.5) is 5.69 Å². The first-order valence-corrected chi connectivity index (χ1v) is 7.82. The van der Waals surface area contributed by atoms with Gasteiger partial charge in [0.1, 0.15) is 11.5 Å². The van der Waals surface area contributed by atoms with Crippen LogP contribution in [-0.2, 0) is 4.79 Å². The third kappa shape index (κ3) is 5.16. The van der Waals surface area contributed by atoms with Gasteiger partial charge in [-0.15, -0.1) is 0 Å². The first-order chi connectivity index (χ1) is 11.6. The standard InChI is InChI=1S/C20H23NO3/c1-21(17-7-12-20(24-3)13-8-17)15-14-18(22)9-4-16-5-10-19(23-2)11-6-16/h4-13H,14-15H2,1-3H3/b9-4+. The van der Waals surface area contributed by atoms with Crippen LogP contribution in [-0.4, -0.2) is 33.6 Å². The molecule has 2 aromatic carbocycles. The van der Waals surface area contributed by atoms with Crippen molar-refractivity contribution < 1.29 is 14.3 Å². The van der Waals surface area contributed by atoms with Crippen LogP contribution in [0.2, 0.25) is 0 Å². The Hall–Kier alpha value is -2.75. The minimum absolute atomic E-state index is 0.103. The highest BCUT2D eigenvalue weighted by atomic mass is 16.5. The highest BCUT2D eigenvalue weighted by molar-refractivity contribution is 5.93. The summed E-state index contributed by atoms with van der Waals surface area (Å²) in [7, 11) is 5.25. The maximum absolute atomic E-state index is 12.0. The zero-order valence-corrected chi connectivity index (χ0v) is 14.4. The SMILES string of the molecule is COc1ccc(/C=C/C(=O)CCN(C)c2ccc(OC)cc2)cc1. The van der Waals surface area contributed by atoms with E-state index in [0.29, 0.717) is 13.0 Å². The molecule has 0 atom stereocenters. The van der Waals surface area contributed by atoms with E-state index in [1.54, 1.807) is 20.3 Å². The number of anilines is 1. The molecule has 0 N–H and O–H groups in total. The smallest absolute Gasteiger partial charge is 0.157 e. The Labute approximate surface area is 143 Å². The van der Waals surface area contributed by atoms with E-state index in [9.17, 15) is 4.79 Å². The van der Waals surface area contributed by atoms with E-state index in [2.05, 4.69) is 4.90 Å². The van der Waals surface area contributed by atoms with Crippen LogP contribution in [0, 0.1) is 0 Å². The van der Waals surface area contributed by atoms with Crippen molar-refractivity contribution in [2.75, 3.05) is 32.7 Å². The monoisotopic (exact) mass is 325 g/mol. The third-order valence-corrected chi connectivity index (χ3v) is 3.78. The summed E-state index contributed by atoms with van der Waals surface area (Å²) in [5.74, 6) is 1.73. The molecule has 4 nitrogen and oxygen atoms in total. The van der Waals surface area contributed by atoms with Gasteiger partial charge in [0.25, 0.3) is 0 Å². The molecule has 0 aromatic heterocycles. The van der Waals surface area contributed by atoms with Crippen molar-refractivity contribution in [3.8, 4) is 11.5 Å². The molecule has 0 bridgehead atoms. The molecule has 2 rings (SSSR count). The quantitative estimate of drug-likeness (QED) is 0.692. The summed E-state index contributed by atoms with van der Waals surface area (Å²) in [6, 6.07) is 15.4. The number of allylic oxidation sites excluding steroid dienone is 1. The van der Waals surface area contributed by atoms with Crippen molar-refractivity contribution in [1.29, 1.82) is 0 Å². The Morgan fingerprint density at radius 1 is 0.958 bits per heavy atom. The zero-order chi connectivity index (χ0) is 17.4. The first kappa shape index (κ1) is 17.6. The number of hydrogen-bond acceptors (Lipinski definition) is 4. The van der Waals surface area contributed by atoms with Gasteiger partial charge in [-0.25, -0.2) is 0 Å². The highest BCUT2D eigenvalue weighted by Crippen LogP contribution is 2.18. The predicted molar refractivity (Wildman–Crippen MR) is 97.9 cm³/mol. The number of ketones is 1. The summed E-state index contributed by atoms with van der Waals surface area (Å²) in [5, 5.41) is 0. The Kier molecular flexibility index (Phi) is 6.43. The Morgan fingerprint density at radius 2 is 1.50 bits per heavy atom. The molecule has 0 spiro atoms. The minimum atomic E-state index is 0.103. The summed E-state index contributed by atoms with van der Waals surface area (Å²) < 4.78 is 10.3. The molecule has 2 aromatic rings. The van der Waals surface area contributed by atoms with Gasteiger partial charge in [0.2, 0.25) is 0 Å². The van der Waals surface area contributed by atoms with Gasteiger partial charge in [0, 0.05) is 25.7 Å². The maximum Gasteiger partial charge on any atom is 0.157 e. The molecule has 0 heterocycles. The number of carbonyl (C=O) groups is 1. The fourth-order valence-corrected chi connectivity index (χ4v) is 2.23. The Morgan fingerprint density at radius 3 is 2.04 bits per heavy atom. The van der Waals surface area contributed by atoms with E-state index in [1.165, 1.54) is 0 Å². The van der Waals surface area contributed by atoms with Gasteiger partial charge in [0.15, 0.2) is 5.78 Å². The van der Waals surface area contributed by atoms with Gasteiger partial charge in [-0.05, 0) is 48.0 Å². The molecule has 4 heteroatoms. The maximum atomic E-state index is 12.0. The largest absolute Gasteiger partial charge is 0.497 e. The topological polar surface area (TPSA) is 38.8 Å². The molecule has 126 valence electrons. The van der Waals surface area contributed by atoms with E-state index in [-0.39, 0.29) is 5.78 Å². The second kappa shape index (κ2) is 8.77. The molecule has 0 aliphatic heterocycles. The Bertz CT molecular complexity index is 675. The third-order valence-electron chi connectivity index (χ3n) is 3.78. The summed E-state index contributed by atoms with van der Waals surface area (Å²) in [4.78, 5) is 14.1. The molecule has 0 aliphatic carbocycles. The number of benzene rings is 2. The van der Waals surface area contributed by atoms with Crippen LogP contribution >= 0.6 is 0 Å². The van der Waals surface area contributed by atoms with Gasteiger partial charge in [-0.1, -0.05) is 18.2 Å². The van der Waals surface area contributed by atoms with Crippen LogP contribution in [0.1, 0.15) is 12.0 Å². The molecule has 0 saturated carbocycles. The summed E-state index contributed by atoms with van der Waals surface area (Å²) >= 11 is 0. The molecule has 0 fully saturated rings. The van der Waals surface area contributed by atoms with Crippen molar-refractivity contribution in [2.24, 2.45) is 0 Å². The lowest BCUT2D eigenvalue weighted by molar-refractivity contribution is -0.114. The molecule has 0 saturated heterocycles. The van der Waals surface area contributed by atoms with E-state index in [0.717, 1.165) is 22.7 Å². The zero-order valence-electron chi connectivity index (χ0n) is 14.4. The van der Waals surface area contributed by atoms with Crippen LogP contribution in [0.25, 0.3) is 6.08 Å². The molecule has 0 unspecified atom stereocenters. The van der Waals surface area contributed by atoms with E-state index >= 15 is 0 Å². The van der Waals surface area contributed by atoms with Crippen LogP contribution in [0.5, 0.6) is 11.5 Å². The van der Waals surface area contributed by atoms with Gasteiger partial charge in [-0.3, -0.25) is 4.79 Å². The number of ether oxygens (including phenoxy) is 2. The summed E-state index contributed by atoms with van der Waals surface area (Å²) in [6.07, 6.45) is 3.92. The number of nitrogens with zero attached hydrogens (tertiary/aromatic N) is 1. The lowest BCUT2D eigenvalue weighted by Gasteiger charge is -2.18. The Balaban J connectivity index is 1.83. The average Bonchev–Trinajstić information content (AvgIpc) is 2.64. The van der Waals surface area contributed by atoms with Crippen molar-refractivity contribution in [1.82, 2.24) is 0 Å². The van der Waals surface area contributed by atoms with Gasteiger partial charge < -0.3 is 14.4 Å². The second-order valence-electron chi connectivity index (χ2n) is 5.44. The normalized spacial score (nSPS) is 10.6. The molecule has 24 heavy (non-hydrogen) atoms. The van der Waals surface area contributed by atoms with Crippen molar-refractivity contribution in [3.05, 3.63) is 60.2 Å². The van der Waals surface area contributed by atoms with Gasteiger partial charge in [0.05, 0.1) is 14.2 Å². The van der Waals surface area contributed by atoms with Crippen molar-refractivity contribution in [2.45, 2.75) is 6.42 Å². The number of carbonyl (C=O) groups excluding carboxylic acids is 1. The molecule has 0 amide bonds. The van der Waals surface area contributed by atoms with E-state index < -0.39 is 0 Å². The van der Waals surface area contributed by atoms with Crippen LogP contribution in [0.15, 0.2) is 54.6 Å². The lowest BCUT2D eigenvalue weighted by Crippen LogP contribution is -2.20. The van der Waals surface area contributed by atoms with Crippen LogP contribution < -0.4 is 14.4 Å². The van der Waals surface area contributed by atoms with Crippen LogP contribution in [0.3, 0.4) is 0 Å². The van der Waals surface area contributed by atoms with Crippen molar-refractivity contribution in [3.63, 3.8) is 0 Å². The minimum Gasteiger partial charge on any atom is -0.497 e. The second-order valence-corrected chi connectivity index (χ2v) is 5.44. The fourth-order valence-electron chi connectivity index (χ4n) is 2.23. The molecular formula is C20H23NO3. The van der Waals surface area contributed by atoms with Gasteiger partial charge >= 0.3 is 0 Å². The summed E-state index contributed by atoms with van der Waals surface area (Å²) in [5.41, 5.74) is 2.04. The fraction of sp³-hybridized carbons (Fsp3) is 0.250. The average molecular weight is 325 g/mol. The number of rotatable bonds is 8. The highest BCUT2D eigenvalue weighted by Gasteiger charge is 2.04. The predicted octanol–water partition coefficient (Wildman–Crippen LogP) is 3.81. The molecule has 0 aliphatic rings. The number of methoxy groups -OCH3 is 2. The van der Waals surface area contributed by atoms with E-state index in [4.69, 9.17) is 9.47 Å². The van der Waals surface area contributed by atoms with Gasteiger partial charge in [-0.2, -0.15) is 0 Å².